The predicted molar refractivity (Wildman–Crippen MR) is 73.9 cm³/mol. The lowest BCUT2D eigenvalue weighted by molar-refractivity contribution is -0.140. The van der Waals surface area contributed by atoms with Gasteiger partial charge in [-0.15, -0.1) is 23.2 Å². The van der Waals surface area contributed by atoms with E-state index in [1.807, 2.05) is 0 Å². The van der Waals surface area contributed by atoms with Crippen LogP contribution in [-0.2, 0) is 9.53 Å². The van der Waals surface area contributed by atoms with E-state index in [1.165, 1.54) is 32.8 Å². The number of carbonyl (C=O) groups is 1. The summed E-state index contributed by atoms with van der Waals surface area (Å²) >= 11 is 12.3. The third-order valence-electron chi connectivity index (χ3n) is 2.77. The van der Waals surface area contributed by atoms with Gasteiger partial charge >= 0.3 is 5.97 Å². The van der Waals surface area contributed by atoms with Crippen LogP contribution < -0.4 is 0 Å². The van der Waals surface area contributed by atoms with Crippen LogP contribution in [0.4, 0.5) is 0 Å². The first-order valence-corrected chi connectivity index (χ1v) is 7.32. The molecule has 0 saturated carbocycles. The van der Waals surface area contributed by atoms with Gasteiger partial charge in [0.1, 0.15) is 0 Å². The number of halogens is 2. The van der Waals surface area contributed by atoms with Gasteiger partial charge in [-0.3, -0.25) is 4.79 Å². The molecule has 0 aromatic carbocycles. The van der Waals surface area contributed by atoms with E-state index in [2.05, 4.69) is 11.7 Å². The van der Waals surface area contributed by atoms with Crippen LogP contribution in [-0.4, -0.2) is 23.8 Å². The summed E-state index contributed by atoms with van der Waals surface area (Å²) in [5.74, 6) is -0.204. The Morgan fingerprint density at radius 1 is 1.12 bits per heavy atom. The Hall–Kier alpha value is 0.0500. The summed E-state index contributed by atoms with van der Waals surface area (Å²) < 4.78 is 4.57. The van der Waals surface area contributed by atoms with Crippen LogP contribution in [0.15, 0.2) is 0 Å². The normalized spacial score (nSPS) is 14.4. The Bertz CT molecular complexity index is 198. The summed E-state index contributed by atoms with van der Waals surface area (Å²) in [7, 11) is 1.39. The van der Waals surface area contributed by atoms with Gasteiger partial charge in [0, 0.05) is 17.2 Å². The molecule has 0 saturated heterocycles. The lowest BCUT2D eigenvalue weighted by atomic mass is 10.1. The van der Waals surface area contributed by atoms with Gasteiger partial charge < -0.3 is 4.74 Å². The van der Waals surface area contributed by atoms with Gasteiger partial charge in [-0.1, -0.05) is 32.6 Å². The first-order valence-electron chi connectivity index (χ1n) is 6.45. The van der Waals surface area contributed by atoms with Crippen molar-refractivity contribution >= 4 is 29.2 Å². The number of ether oxygens (including phenoxy) is 1. The summed E-state index contributed by atoms with van der Waals surface area (Å²) in [5, 5.41) is 0.106. The van der Waals surface area contributed by atoms with E-state index in [-0.39, 0.29) is 16.7 Å². The Morgan fingerprint density at radius 2 is 1.76 bits per heavy atom. The van der Waals surface area contributed by atoms with E-state index in [4.69, 9.17) is 23.2 Å². The zero-order valence-electron chi connectivity index (χ0n) is 10.9. The van der Waals surface area contributed by atoms with Gasteiger partial charge in [0.25, 0.3) is 0 Å². The fourth-order valence-corrected chi connectivity index (χ4v) is 2.47. The van der Waals surface area contributed by atoms with Crippen molar-refractivity contribution in [1.29, 1.82) is 0 Å². The van der Waals surface area contributed by atoms with Crippen LogP contribution in [0, 0.1) is 0 Å². The van der Waals surface area contributed by atoms with Gasteiger partial charge in [-0.25, -0.2) is 0 Å². The summed E-state index contributed by atoms with van der Waals surface area (Å²) in [6.45, 7) is 2.19. The van der Waals surface area contributed by atoms with Gasteiger partial charge in [0.05, 0.1) is 7.11 Å². The van der Waals surface area contributed by atoms with Gasteiger partial charge in [-0.05, 0) is 19.3 Å². The van der Waals surface area contributed by atoms with Crippen LogP contribution >= 0.6 is 23.2 Å². The molecule has 0 spiro atoms. The summed E-state index contributed by atoms with van der Waals surface area (Å²) in [4.78, 5) is 10.9. The highest BCUT2D eigenvalue weighted by atomic mass is 35.5. The second-order valence-electron chi connectivity index (χ2n) is 4.39. The van der Waals surface area contributed by atoms with Crippen LogP contribution in [0.1, 0.15) is 58.3 Å². The first-order chi connectivity index (χ1) is 8.10. The molecule has 0 aromatic heterocycles. The van der Waals surface area contributed by atoms with Crippen molar-refractivity contribution in [2.24, 2.45) is 0 Å². The van der Waals surface area contributed by atoms with E-state index >= 15 is 0 Å². The van der Waals surface area contributed by atoms with Crippen molar-refractivity contribution in [3.63, 3.8) is 0 Å². The zero-order chi connectivity index (χ0) is 13.1. The zero-order valence-corrected chi connectivity index (χ0v) is 12.4. The Labute approximate surface area is 115 Å². The molecule has 0 aliphatic heterocycles. The first kappa shape index (κ1) is 17.1. The van der Waals surface area contributed by atoms with Crippen molar-refractivity contribution in [2.45, 2.75) is 69.0 Å². The van der Waals surface area contributed by atoms with E-state index < -0.39 is 0 Å². The molecule has 0 heterocycles. The van der Waals surface area contributed by atoms with Crippen molar-refractivity contribution in [3.8, 4) is 0 Å². The minimum absolute atomic E-state index is 0.0252. The van der Waals surface area contributed by atoms with Crippen LogP contribution in [0.25, 0.3) is 0 Å². The highest BCUT2D eigenvalue weighted by Crippen LogP contribution is 2.20. The quantitative estimate of drug-likeness (QED) is 0.335. The molecule has 0 radical (unpaired) electrons. The minimum atomic E-state index is -0.204. The van der Waals surface area contributed by atoms with Gasteiger partial charge in [0.15, 0.2) is 0 Å². The largest absolute Gasteiger partial charge is 0.469 e. The van der Waals surface area contributed by atoms with E-state index in [1.54, 1.807) is 0 Å². The number of hydrogen-bond acceptors (Lipinski definition) is 2. The van der Waals surface area contributed by atoms with E-state index in [0.717, 1.165) is 12.8 Å². The molecule has 0 amide bonds. The Kier molecular flexibility index (Phi) is 11.2. The topological polar surface area (TPSA) is 26.3 Å². The molecule has 2 nitrogen and oxygen atoms in total. The predicted octanol–water partition coefficient (Wildman–Crippen LogP) is 4.51. The number of hydrogen-bond donors (Lipinski definition) is 0. The fraction of sp³-hybridized carbons (Fsp3) is 0.923. The molecule has 0 aromatic rings. The number of alkyl halides is 2. The van der Waals surface area contributed by atoms with Crippen LogP contribution in [0.3, 0.4) is 0 Å². The number of esters is 1. The maximum Gasteiger partial charge on any atom is 0.305 e. The lowest BCUT2D eigenvalue weighted by Gasteiger charge is -2.13. The molecule has 0 aliphatic rings. The number of unbranched alkanes of at least 4 members (excludes halogenated alkanes) is 3. The molecular formula is C13H24Cl2O2. The van der Waals surface area contributed by atoms with Gasteiger partial charge in [0.2, 0.25) is 0 Å². The number of rotatable bonds is 10. The molecule has 0 rings (SSSR count). The molecule has 2 atom stereocenters. The second-order valence-corrected chi connectivity index (χ2v) is 5.63. The van der Waals surface area contributed by atoms with Crippen LogP contribution in [0.5, 0.6) is 0 Å². The average molecular weight is 283 g/mol. The highest BCUT2D eigenvalue weighted by molar-refractivity contribution is 6.23. The molecule has 0 fully saturated rings. The monoisotopic (exact) mass is 282 g/mol. The fourth-order valence-electron chi connectivity index (χ4n) is 1.68. The number of carbonyl (C=O) groups excluding carboxylic acids is 1. The molecule has 4 heteroatoms. The van der Waals surface area contributed by atoms with Crippen molar-refractivity contribution in [3.05, 3.63) is 0 Å². The number of methoxy groups -OCH3 is 1. The Morgan fingerprint density at radius 3 is 2.35 bits per heavy atom. The third kappa shape index (κ3) is 10.9. The molecule has 102 valence electrons. The molecule has 0 bridgehead atoms. The van der Waals surface area contributed by atoms with Crippen molar-refractivity contribution in [2.75, 3.05) is 7.11 Å². The minimum Gasteiger partial charge on any atom is -0.469 e. The smallest absolute Gasteiger partial charge is 0.305 e. The molecular weight excluding hydrogens is 259 g/mol. The van der Waals surface area contributed by atoms with Crippen molar-refractivity contribution < 1.29 is 9.53 Å². The summed E-state index contributed by atoms with van der Waals surface area (Å²) in [6.07, 6.45) is 7.74. The molecule has 2 unspecified atom stereocenters. The van der Waals surface area contributed by atoms with E-state index in [9.17, 15) is 4.79 Å². The van der Waals surface area contributed by atoms with E-state index in [0.29, 0.717) is 12.8 Å². The highest BCUT2D eigenvalue weighted by Gasteiger charge is 2.13. The summed E-state index contributed by atoms with van der Waals surface area (Å²) in [5.41, 5.74) is 0. The van der Waals surface area contributed by atoms with Crippen LogP contribution in [0.2, 0.25) is 0 Å². The lowest BCUT2D eigenvalue weighted by Crippen LogP contribution is -2.11. The SMILES string of the molecule is CCCCCCC(Cl)CC(Cl)CCC(=O)OC. The maximum absolute atomic E-state index is 10.9. The molecule has 17 heavy (non-hydrogen) atoms. The Balaban J connectivity index is 3.51. The third-order valence-corrected chi connectivity index (χ3v) is 3.56. The van der Waals surface area contributed by atoms with Gasteiger partial charge in [-0.2, -0.15) is 0 Å². The molecule has 0 aliphatic carbocycles. The second kappa shape index (κ2) is 11.2. The van der Waals surface area contributed by atoms with Crippen molar-refractivity contribution in [1.82, 2.24) is 0 Å². The standard InChI is InChI=1S/C13H24Cl2O2/c1-3-4-5-6-7-11(14)10-12(15)8-9-13(16)17-2/h11-12H,3-10H2,1-2H3. The maximum atomic E-state index is 10.9. The summed E-state index contributed by atoms with van der Waals surface area (Å²) in [6, 6.07) is 0. The molecule has 0 N–H and O–H groups in total. The average Bonchev–Trinajstić information content (AvgIpc) is 2.31.